The Labute approximate surface area is 138 Å². The largest absolute Gasteiger partial charge is 0.483 e. The van der Waals surface area contributed by atoms with Crippen molar-refractivity contribution < 1.29 is 9.90 Å². The molecule has 114 valence electrons. The molecule has 3 nitrogen and oxygen atoms in total. The Morgan fingerprint density at radius 1 is 1.00 bits per heavy atom. The zero-order chi connectivity index (χ0) is 15.7. The Morgan fingerprint density at radius 2 is 1.45 bits per heavy atom. The Bertz CT molecular complexity index is 778. The first kappa shape index (κ1) is 15.2. The van der Waals surface area contributed by atoms with Gasteiger partial charge in [-0.3, -0.25) is 4.79 Å². The van der Waals surface area contributed by atoms with Crippen LogP contribution in [0.4, 0.5) is 0 Å². The summed E-state index contributed by atoms with van der Waals surface area (Å²) in [4.78, 5) is 8.36. The van der Waals surface area contributed by atoms with Crippen molar-refractivity contribution in [1.82, 2.24) is 4.57 Å². The fraction of sp³-hybridized carbons (Fsp3) is 0.235. The Kier molecular flexibility index (Phi) is 4.27. The van der Waals surface area contributed by atoms with Crippen molar-refractivity contribution in [2.45, 2.75) is 25.3 Å². The van der Waals surface area contributed by atoms with Crippen LogP contribution in [0.2, 0.25) is 10.0 Å². The van der Waals surface area contributed by atoms with Gasteiger partial charge in [0.25, 0.3) is 6.47 Å². The van der Waals surface area contributed by atoms with Crippen LogP contribution in [0.5, 0.6) is 0 Å². The zero-order valence-corrected chi connectivity index (χ0v) is 13.3. The molecule has 0 spiro atoms. The molecule has 1 heterocycles. The summed E-state index contributed by atoms with van der Waals surface area (Å²) >= 11 is 12.3. The molecule has 0 saturated heterocycles. The molecule has 0 aliphatic heterocycles. The summed E-state index contributed by atoms with van der Waals surface area (Å²) < 4.78 is 2.46. The number of halogens is 2. The smallest absolute Gasteiger partial charge is 0.290 e. The molecule has 1 saturated carbocycles. The van der Waals surface area contributed by atoms with Gasteiger partial charge in [0.1, 0.15) is 0 Å². The molecular formula is C17H15Cl2NO2. The summed E-state index contributed by atoms with van der Waals surface area (Å²) in [5.41, 5.74) is 2.54. The van der Waals surface area contributed by atoms with E-state index in [0.717, 1.165) is 10.0 Å². The Hall–Kier alpha value is -1.71. The van der Waals surface area contributed by atoms with Crippen LogP contribution in [0.3, 0.4) is 0 Å². The lowest BCUT2D eigenvalue weighted by Crippen LogP contribution is -2.16. The lowest BCUT2D eigenvalue weighted by molar-refractivity contribution is -0.122. The highest BCUT2D eigenvalue weighted by atomic mass is 35.5. The average molecular weight is 336 g/mol. The number of hydrogen-bond donors (Lipinski definition) is 1. The molecule has 1 N–H and O–H groups in total. The molecule has 1 aromatic heterocycles. The van der Waals surface area contributed by atoms with Crippen molar-refractivity contribution >= 4 is 51.5 Å². The summed E-state index contributed by atoms with van der Waals surface area (Å²) in [6.45, 7) is -0.250. The van der Waals surface area contributed by atoms with Crippen LogP contribution in [0.15, 0.2) is 36.4 Å². The first-order valence-corrected chi connectivity index (χ1v) is 7.88. The van der Waals surface area contributed by atoms with Gasteiger partial charge in [0.2, 0.25) is 0 Å². The number of carboxylic acid groups (broad SMARTS) is 1. The van der Waals surface area contributed by atoms with Gasteiger partial charge in [-0.1, -0.05) is 23.2 Å². The van der Waals surface area contributed by atoms with E-state index in [2.05, 4.69) is 16.7 Å². The van der Waals surface area contributed by atoms with Crippen molar-refractivity contribution in [3.8, 4) is 0 Å². The van der Waals surface area contributed by atoms with Crippen molar-refractivity contribution in [2.75, 3.05) is 0 Å². The minimum absolute atomic E-state index is 0.250. The van der Waals surface area contributed by atoms with Gasteiger partial charge in [-0.25, -0.2) is 0 Å². The highest BCUT2D eigenvalue weighted by molar-refractivity contribution is 6.33. The molecule has 1 aliphatic carbocycles. The van der Waals surface area contributed by atoms with E-state index in [1.165, 1.54) is 41.1 Å². The van der Waals surface area contributed by atoms with Gasteiger partial charge >= 0.3 is 0 Å². The molecule has 5 heteroatoms. The van der Waals surface area contributed by atoms with E-state index in [-0.39, 0.29) is 6.47 Å². The average Bonchev–Trinajstić information content (AvgIpc) is 2.72. The van der Waals surface area contributed by atoms with Crippen molar-refractivity contribution in [1.29, 1.82) is 0 Å². The number of rotatable bonds is 1. The van der Waals surface area contributed by atoms with Gasteiger partial charge in [0, 0.05) is 37.9 Å². The van der Waals surface area contributed by atoms with Crippen LogP contribution in [0.25, 0.3) is 21.8 Å². The summed E-state index contributed by atoms with van der Waals surface area (Å²) in [6.07, 6.45) is 3.86. The highest BCUT2D eigenvalue weighted by Gasteiger charge is 2.23. The third kappa shape index (κ3) is 2.55. The molecule has 4 rings (SSSR count). The van der Waals surface area contributed by atoms with E-state index in [1.807, 2.05) is 24.3 Å². The predicted molar refractivity (Wildman–Crippen MR) is 91.0 cm³/mol. The van der Waals surface area contributed by atoms with E-state index in [9.17, 15) is 0 Å². The third-order valence-corrected chi connectivity index (χ3v) is 4.64. The van der Waals surface area contributed by atoms with Crippen LogP contribution < -0.4 is 0 Å². The van der Waals surface area contributed by atoms with Crippen LogP contribution in [-0.4, -0.2) is 16.1 Å². The monoisotopic (exact) mass is 335 g/mol. The number of benzene rings is 2. The second-order valence-corrected chi connectivity index (χ2v) is 6.26. The first-order valence-electron chi connectivity index (χ1n) is 7.12. The number of aromatic nitrogens is 1. The summed E-state index contributed by atoms with van der Waals surface area (Å²) in [5, 5.41) is 10.9. The molecule has 1 aliphatic rings. The Balaban J connectivity index is 0.000000446. The van der Waals surface area contributed by atoms with Crippen molar-refractivity contribution in [3.63, 3.8) is 0 Å². The van der Waals surface area contributed by atoms with Crippen LogP contribution in [-0.2, 0) is 4.79 Å². The maximum absolute atomic E-state index is 8.36. The number of hydrogen-bond acceptors (Lipinski definition) is 1. The lowest BCUT2D eigenvalue weighted by atomic mass is 9.92. The second kappa shape index (κ2) is 6.19. The van der Waals surface area contributed by atoms with E-state index in [0.29, 0.717) is 6.04 Å². The van der Waals surface area contributed by atoms with Crippen LogP contribution >= 0.6 is 23.2 Å². The van der Waals surface area contributed by atoms with E-state index in [4.69, 9.17) is 33.1 Å². The van der Waals surface area contributed by atoms with Gasteiger partial charge in [0.15, 0.2) is 0 Å². The molecule has 3 aromatic rings. The van der Waals surface area contributed by atoms with Crippen molar-refractivity contribution in [3.05, 3.63) is 46.4 Å². The topological polar surface area (TPSA) is 42.2 Å². The highest BCUT2D eigenvalue weighted by Crippen LogP contribution is 2.41. The number of fused-ring (bicyclic) bond motifs is 3. The lowest BCUT2D eigenvalue weighted by Gasteiger charge is -2.29. The maximum Gasteiger partial charge on any atom is 0.290 e. The molecule has 1 fully saturated rings. The quantitative estimate of drug-likeness (QED) is 0.594. The fourth-order valence-electron chi connectivity index (χ4n) is 3.04. The molecule has 0 amide bonds. The summed E-state index contributed by atoms with van der Waals surface area (Å²) in [7, 11) is 0. The molecule has 0 unspecified atom stereocenters. The Morgan fingerprint density at radius 3 is 1.82 bits per heavy atom. The molecule has 2 aromatic carbocycles. The van der Waals surface area contributed by atoms with Crippen molar-refractivity contribution in [2.24, 2.45) is 0 Å². The summed E-state index contributed by atoms with van der Waals surface area (Å²) in [6, 6.07) is 12.9. The molecular weight excluding hydrogens is 321 g/mol. The van der Waals surface area contributed by atoms with E-state index in [1.54, 1.807) is 0 Å². The van der Waals surface area contributed by atoms with E-state index < -0.39 is 0 Å². The van der Waals surface area contributed by atoms with Gasteiger partial charge < -0.3 is 9.67 Å². The standard InChI is InChI=1S/C16H13Cl2N.CH2O2/c17-10-4-6-15-13(8-10)14-9-11(18)5-7-16(14)19(15)12-2-1-3-12;2-1-3/h4-9,12H,1-3H2;1H,(H,2,3). The normalized spacial score (nSPS) is 14.5. The molecule has 22 heavy (non-hydrogen) atoms. The number of nitrogens with zero attached hydrogens (tertiary/aromatic N) is 1. The van der Waals surface area contributed by atoms with Crippen LogP contribution in [0, 0.1) is 0 Å². The molecule has 0 atom stereocenters. The first-order chi connectivity index (χ1) is 10.7. The second-order valence-electron chi connectivity index (χ2n) is 5.38. The number of carbonyl (C=O) groups is 1. The maximum atomic E-state index is 8.36. The zero-order valence-electron chi connectivity index (χ0n) is 11.8. The fourth-order valence-corrected chi connectivity index (χ4v) is 3.38. The van der Waals surface area contributed by atoms with E-state index >= 15 is 0 Å². The van der Waals surface area contributed by atoms with Gasteiger partial charge in [-0.2, -0.15) is 0 Å². The van der Waals surface area contributed by atoms with Gasteiger partial charge in [-0.05, 0) is 55.7 Å². The van der Waals surface area contributed by atoms with Gasteiger partial charge in [-0.15, -0.1) is 0 Å². The predicted octanol–water partition coefficient (Wildman–Crippen LogP) is 5.53. The van der Waals surface area contributed by atoms with Gasteiger partial charge in [0.05, 0.1) is 0 Å². The molecule has 0 bridgehead atoms. The summed E-state index contributed by atoms with van der Waals surface area (Å²) in [5.74, 6) is 0. The minimum Gasteiger partial charge on any atom is -0.483 e. The van der Waals surface area contributed by atoms with Crippen LogP contribution in [0.1, 0.15) is 25.3 Å². The SMILES string of the molecule is Clc1ccc2c(c1)c1cc(Cl)ccc1n2C1CCC1.O=CO. The third-order valence-electron chi connectivity index (χ3n) is 4.17. The minimum atomic E-state index is -0.250. The molecule has 0 radical (unpaired) electrons.